The lowest BCUT2D eigenvalue weighted by Gasteiger charge is -2.21. The molecule has 1 aromatic heterocycles. The predicted molar refractivity (Wildman–Crippen MR) is 139 cm³/mol. The monoisotopic (exact) mass is 482 g/mol. The topological polar surface area (TPSA) is 57.2 Å². The van der Waals surface area contributed by atoms with Gasteiger partial charge in [-0.1, -0.05) is 67.9 Å². The van der Waals surface area contributed by atoms with Gasteiger partial charge in [0, 0.05) is 40.1 Å². The summed E-state index contributed by atoms with van der Waals surface area (Å²) in [7, 11) is 0. The van der Waals surface area contributed by atoms with E-state index in [1.165, 1.54) is 0 Å². The molecule has 4 aromatic rings. The maximum absolute atomic E-state index is 13.4. The van der Waals surface area contributed by atoms with Crippen LogP contribution in [-0.4, -0.2) is 4.57 Å². The second-order valence-electron chi connectivity index (χ2n) is 8.32. The van der Waals surface area contributed by atoms with Crippen molar-refractivity contribution < 1.29 is 4.74 Å². The lowest BCUT2D eigenvalue weighted by Crippen LogP contribution is -2.28. The summed E-state index contributed by atoms with van der Waals surface area (Å²) in [5.74, 6) is 1.02. The third kappa shape index (κ3) is 5.41. The first-order chi connectivity index (χ1) is 15.5. The quantitative estimate of drug-likeness (QED) is 0.329. The number of hydrogen-bond acceptors (Lipinski definition) is 3. The molecule has 33 heavy (non-hydrogen) atoms. The fourth-order valence-electron chi connectivity index (χ4n) is 4.01. The molecule has 0 spiro atoms. The van der Waals surface area contributed by atoms with Crippen LogP contribution >= 0.6 is 24.0 Å². The molecule has 1 heterocycles. The van der Waals surface area contributed by atoms with E-state index in [0.717, 1.165) is 27.8 Å². The lowest BCUT2D eigenvalue weighted by molar-refractivity contribution is 0.306. The number of pyridine rings is 1. The Balaban J connectivity index is 0.00000306. The van der Waals surface area contributed by atoms with E-state index in [2.05, 4.69) is 13.8 Å². The summed E-state index contributed by atoms with van der Waals surface area (Å²) >= 11 is 6.14. The van der Waals surface area contributed by atoms with Gasteiger partial charge in [0.05, 0.1) is 0 Å². The van der Waals surface area contributed by atoms with Crippen LogP contribution in [0.15, 0.2) is 77.6 Å². The van der Waals surface area contributed by atoms with Crippen molar-refractivity contribution in [2.45, 2.75) is 33.5 Å². The molecule has 0 radical (unpaired) electrons. The SMILES string of the molecule is CC(C)Cn1c(CN)c(-c2ccc(Cl)cc2)c2cc(OCc3ccccc3)ccc2c1=O.Cl. The molecule has 0 bridgehead atoms. The Labute approximate surface area is 205 Å². The Bertz CT molecular complexity index is 1280. The van der Waals surface area contributed by atoms with Crippen LogP contribution in [0.25, 0.3) is 21.9 Å². The van der Waals surface area contributed by atoms with Gasteiger partial charge in [-0.25, -0.2) is 0 Å². The van der Waals surface area contributed by atoms with E-state index in [4.69, 9.17) is 22.1 Å². The van der Waals surface area contributed by atoms with E-state index in [1.54, 1.807) is 0 Å². The molecule has 2 N–H and O–H groups in total. The number of aromatic nitrogens is 1. The summed E-state index contributed by atoms with van der Waals surface area (Å²) in [5.41, 5.74) is 10.0. The maximum Gasteiger partial charge on any atom is 0.258 e. The van der Waals surface area contributed by atoms with Crippen molar-refractivity contribution in [1.29, 1.82) is 0 Å². The minimum absolute atomic E-state index is 0. The summed E-state index contributed by atoms with van der Waals surface area (Å²) < 4.78 is 7.88. The summed E-state index contributed by atoms with van der Waals surface area (Å²) in [6.07, 6.45) is 0. The van der Waals surface area contributed by atoms with Crippen LogP contribution in [-0.2, 0) is 19.7 Å². The van der Waals surface area contributed by atoms with Gasteiger partial charge in [0.1, 0.15) is 12.4 Å². The van der Waals surface area contributed by atoms with E-state index >= 15 is 0 Å². The van der Waals surface area contributed by atoms with Gasteiger partial charge >= 0.3 is 0 Å². The smallest absolute Gasteiger partial charge is 0.258 e. The minimum Gasteiger partial charge on any atom is -0.489 e. The molecule has 0 saturated heterocycles. The van der Waals surface area contributed by atoms with Crippen molar-refractivity contribution in [2.75, 3.05) is 0 Å². The van der Waals surface area contributed by atoms with Gasteiger partial charge in [-0.2, -0.15) is 0 Å². The third-order valence-electron chi connectivity index (χ3n) is 5.47. The molecule has 0 saturated carbocycles. The average Bonchev–Trinajstić information content (AvgIpc) is 2.80. The molecule has 0 fully saturated rings. The number of benzene rings is 3. The third-order valence-corrected chi connectivity index (χ3v) is 5.72. The summed E-state index contributed by atoms with van der Waals surface area (Å²) in [4.78, 5) is 13.4. The standard InChI is InChI=1S/C27H27ClN2O2.ClH/c1-18(2)16-30-25(15-29)26(20-8-10-21(28)11-9-20)24-14-22(12-13-23(24)27(30)31)32-17-19-6-4-3-5-7-19;/h3-14,18H,15-17,29H2,1-2H3;1H. The summed E-state index contributed by atoms with van der Waals surface area (Å²) in [5, 5.41) is 2.15. The average molecular weight is 483 g/mol. The van der Waals surface area contributed by atoms with Crippen LogP contribution in [0.2, 0.25) is 5.02 Å². The van der Waals surface area contributed by atoms with Crippen LogP contribution in [0.1, 0.15) is 25.1 Å². The van der Waals surface area contributed by atoms with Crippen molar-refractivity contribution in [3.8, 4) is 16.9 Å². The number of rotatable bonds is 7. The van der Waals surface area contributed by atoms with E-state index in [1.807, 2.05) is 77.4 Å². The van der Waals surface area contributed by atoms with Gasteiger partial charge in [0.25, 0.3) is 5.56 Å². The second-order valence-corrected chi connectivity index (χ2v) is 8.76. The largest absolute Gasteiger partial charge is 0.489 e. The fraction of sp³-hybridized carbons (Fsp3) is 0.222. The van der Waals surface area contributed by atoms with Gasteiger partial charge in [0.15, 0.2) is 0 Å². The lowest BCUT2D eigenvalue weighted by atomic mass is 9.96. The van der Waals surface area contributed by atoms with E-state index < -0.39 is 0 Å². The Morgan fingerprint density at radius 3 is 2.30 bits per heavy atom. The van der Waals surface area contributed by atoms with Gasteiger partial charge in [-0.15, -0.1) is 12.4 Å². The highest BCUT2D eigenvalue weighted by Gasteiger charge is 2.18. The van der Waals surface area contributed by atoms with Crippen molar-refractivity contribution in [2.24, 2.45) is 11.7 Å². The molecule has 0 aliphatic carbocycles. The summed E-state index contributed by atoms with van der Waals surface area (Å²) in [6.45, 7) is 5.51. The zero-order valence-corrected chi connectivity index (χ0v) is 20.3. The minimum atomic E-state index is -0.0264. The van der Waals surface area contributed by atoms with E-state index in [0.29, 0.717) is 35.2 Å². The van der Waals surface area contributed by atoms with Gasteiger partial charge < -0.3 is 15.0 Å². The molecule has 0 aliphatic rings. The number of ether oxygens (including phenoxy) is 1. The Morgan fingerprint density at radius 1 is 0.970 bits per heavy atom. The van der Waals surface area contributed by atoms with Crippen LogP contribution in [0.3, 0.4) is 0 Å². The Morgan fingerprint density at radius 2 is 1.67 bits per heavy atom. The van der Waals surface area contributed by atoms with Crippen LogP contribution in [0, 0.1) is 5.92 Å². The zero-order valence-electron chi connectivity index (χ0n) is 18.8. The number of nitrogens with two attached hydrogens (primary N) is 1. The Kier molecular flexibility index (Phi) is 8.20. The van der Waals surface area contributed by atoms with Crippen LogP contribution in [0.5, 0.6) is 5.75 Å². The van der Waals surface area contributed by atoms with Crippen molar-refractivity contribution in [3.05, 3.63) is 99.4 Å². The fourth-order valence-corrected chi connectivity index (χ4v) is 4.14. The number of fused-ring (bicyclic) bond motifs is 1. The molecule has 6 heteroatoms. The highest BCUT2D eigenvalue weighted by atomic mass is 35.5. The zero-order chi connectivity index (χ0) is 22.7. The molecule has 172 valence electrons. The molecular formula is C27H28Cl2N2O2. The molecule has 4 rings (SSSR count). The van der Waals surface area contributed by atoms with Crippen LogP contribution < -0.4 is 16.0 Å². The van der Waals surface area contributed by atoms with Gasteiger partial charge in [-0.05, 0) is 47.4 Å². The molecule has 0 atom stereocenters. The maximum atomic E-state index is 13.4. The normalized spacial score (nSPS) is 10.9. The van der Waals surface area contributed by atoms with Crippen molar-refractivity contribution in [3.63, 3.8) is 0 Å². The first-order valence-corrected chi connectivity index (χ1v) is 11.2. The number of nitrogens with zero attached hydrogens (tertiary/aromatic N) is 1. The van der Waals surface area contributed by atoms with Gasteiger partial charge in [-0.3, -0.25) is 4.79 Å². The number of hydrogen-bond donors (Lipinski definition) is 1. The molecule has 4 nitrogen and oxygen atoms in total. The first-order valence-electron chi connectivity index (χ1n) is 10.8. The predicted octanol–water partition coefficient (Wildman–Crippen LogP) is 6.44. The van der Waals surface area contributed by atoms with Crippen molar-refractivity contribution in [1.82, 2.24) is 4.57 Å². The van der Waals surface area contributed by atoms with Gasteiger partial charge in [0.2, 0.25) is 0 Å². The van der Waals surface area contributed by atoms with Crippen LogP contribution in [0.4, 0.5) is 0 Å². The molecule has 0 aliphatic heterocycles. The highest BCUT2D eigenvalue weighted by Crippen LogP contribution is 2.34. The molecule has 0 unspecified atom stereocenters. The van der Waals surface area contributed by atoms with Crippen molar-refractivity contribution >= 4 is 34.8 Å². The Hall–Kier alpha value is -2.79. The molecule has 3 aromatic carbocycles. The highest BCUT2D eigenvalue weighted by molar-refractivity contribution is 6.30. The molecule has 0 amide bonds. The first kappa shape index (κ1) is 24.8. The second kappa shape index (κ2) is 10.9. The van der Waals surface area contributed by atoms with E-state index in [9.17, 15) is 4.79 Å². The summed E-state index contributed by atoms with van der Waals surface area (Å²) in [6, 6.07) is 23.3. The van der Waals surface area contributed by atoms with E-state index in [-0.39, 0.29) is 24.5 Å². The molecular weight excluding hydrogens is 455 g/mol. The number of halogens is 2.